The van der Waals surface area contributed by atoms with E-state index in [2.05, 4.69) is 6.58 Å². The van der Waals surface area contributed by atoms with Crippen LogP contribution in [-0.4, -0.2) is 39.8 Å². The van der Waals surface area contributed by atoms with Crippen LogP contribution < -0.4 is 0 Å². The molecule has 0 radical (unpaired) electrons. The van der Waals surface area contributed by atoms with Gasteiger partial charge in [0.2, 0.25) is 5.91 Å². The highest BCUT2D eigenvalue weighted by molar-refractivity contribution is 7.51. The van der Waals surface area contributed by atoms with Gasteiger partial charge in [0.1, 0.15) is 0 Å². The maximum absolute atomic E-state index is 11.3. The molecular formula is C11H22NO4P. The zero-order chi connectivity index (χ0) is 13.3. The van der Waals surface area contributed by atoms with Crippen molar-refractivity contribution in [3.63, 3.8) is 0 Å². The molecule has 0 aromatic heterocycles. The van der Waals surface area contributed by atoms with Gasteiger partial charge in [0.05, 0.1) is 0 Å². The Labute approximate surface area is 103 Å². The topological polar surface area (TPSA) is 77.8 Å². The SMILES string of the molecule is C=CC(=O)N(CC)CCCCCCP(=O)(O)O. The van der Waals surface area contributed by atoms with Crippen molar-refractivity contribution in [2.75, 3.05) is 19.3 Å². The fourth-order valence-corrected chi connectivity index (χ4v) is 2.16. The normalized spacial score (nSPS) is 11.2. The smallest absolute Gasteiger partial charge is 0.325 e. The van der Waals surface area contributed by atoms with Crippen LogP contribution in [-0.2, 0) is 9.36 Å². The molecule has 0 aliphatic heterocycles. The molecular weight excluding hydrogens is 241 g/mol. The molecule has 0 spiro atoms. The van der Waals surface area contributed by atoms with Crippen molar-refractivity contribution in [1.29, 1.82) is 0 Å². The van der Waals surface area contributed by atoms with Crippen molar-refractivity contribution in [2.24, 2.45) is 0 Å². The Morgan fingerprint density at radius 3 is 2.35 bits per heavy atom. The second-order valence-corrected chi connectivity index (χ2v) is 5.70. The summed E-state index contributed by atoms with van der Waals surface area (Å²) in [5.74, 6) is -0.0669. The number of rotatable bonds is 9. The number of hydrogen-bond acceptors (Lipinski definition) is 2. The standard InChI is InChI=1S/C11H22NO4P/c1-3-11(13)12(4-2)9-7-5-6-8-10-17(14,15)16/h3H,1,4-10H2,2H3,(H2,14,15,16). The van der Waals surface area contributed by atoms with Gasteiger partial charge in [0, 0.05) is 19.3 Å². The molecule has 0 atom stereocenters. The molecule has 0 aliphatic rings. The van der Waals surface area contributed by atoms with E-state index in [9.17, 15) is 9.36 Å². The maximum Gasteiger partial charge on any atom is 0.325 e. The van der Waals surface area contributed by atoms with Crippen LogP contribution >= 0.6 is 7.60 Å². The summed E-state index contributed by atoms with van der Waals surface area (Å²) in [4.78, 5) is 30.3. The van der Waals surface area contributed by atoms with Crippen LogP contribution in [0.3, 0.4) is 0 Å². The first kappa shape index (κ1) is 16.4. The molecule has 0 bridgehead atoms. The largest absolute Gasteiger partial charge is 0.339 e. The Hall–Kier alpha value is -0.640. The summed E-state index contributed by atoms with van der Waals surface area (Å²) in [6, 6.07) is 0. The molecule has 100 valence electrons. The van der Waals surface area contributed by atoms with Crippen LogP contribution in [0.15, 0.2) is 12.7 Å². The maximum atomic E-state index is 11.3. The summed E-state index contributed by atoms with van der Waals surface area (Å²) in [6.07, 6.45) is 4.31. The van der Waals surface area contributed by atoms with E-state index in [4.69, 9.17) is 9.79 Å². The molecule has 2 N–H and O–H groups in total. The predicted octanol–water partition coefficient (Wildman–Crippen LogP) is 1.76. The third-order valence-corrected chi connectivity index (χ3v) is 3.39. The van der Waals surface area contributed by atoms with Gasteiger partial charge in [-0.1, -0.05) is 19.4 Å². The van der Waals surface area contributed by atoms with E-state index in [0.29, 0.717) is 19.5 Å². The second-order valence-electron chi connectivity index (χ2n) is 3.92. The van der Waals surface area contributed by atoms with Crippen LogP contribution in [0.2, 0.25) is 0 Å². The number of carbonyl (C=O) groups excluding carboxylic acids is 1. The Bertz CT molecular complexity index is 287. The van der Waals surface area contributed by atoms with Gasteiger partial charge in [-0.15, -0.1) is 0 Å². The lowest BCUT2D eigenvalue weighted by Crippen LogP contribution is -2.29. The third kappa shape index (κ3) is 9.10. The lowest BCUT2D eigenvalue weighted by Gasteiger charge is -2.18. The van der Waals surface area contributed by atoms with E-state index in [0.717, 1.165) is 19.3 Å². The monoisotopic (exact) mass is 263 g/mol. The molecule has 6 heteroatoms. The molecule has 0 rings (SSSR count). The van der Waals surface area contributed by atoms with Gasteiger partial charge in [-0.25, -0.2) is 0 Å². The average Bonchev–Trinajstić information content (AvgIpc) is 2.26. The zero-order valence-electron chi connectivity index (χ0n) is 10.3. The van der Waals surface area contributed by atoms with E-state index in [1.807, 2.05) is 6.92 Å². The van der Waals surface area contributed by atoms with Gasteiger partial charge in [-0.05, 0) is 25.8 Å². The van der Waals surface area contributed by atoms with Gasteiger partial charge in [0.15, 0.2) is 0 Å². The fraction of sp³-hybridized carbons (Fsp3) is 0.727. The van der Waals surface area contributed by atoms with Gasteiger partial charge in [-0.3, -0.25) is 9.36 Å². The second kappa shape index (κ2) is 8.45. The molecule has 5 nitrogen and oxygen atoms in total. The van der Waals surface area contributed by atoms with Crippen LogP contribution in [0.1, 0.15) is 32.6 Å². The predicted molar refractivity (Wildman–Crippen MR) is 67.8 cm³/mol. The quantitative estimate of drug-likeness (QED) is 0.377. The number of likely N-dealkylation sites (N-methyl/N-ethyl adjacent to an activating group) is 1. The number of nitrogens with zero attached hydrogens (tertiary/aromatic N) is 1. The molecule has 1 amide bonds. The molecule has 0 aliphatic carbocycles. The Morgan fingerprint density at radius 2 is 1.88 bits per heavy atom. The summed E-state index contributed by atoms with van der Waals surface area (Å²) in [7, 11) is -3.84. The van der Waals surface area contributed by atoms with E-state index in [1.165, 1.54) is 6.08 Å². The molecule has 0 aromatic carbocycles. The van der Waals surface area contributed by atoms with Crippen LogP contribution in [0.25, 0.3) is 0 Å². The Morgan fingerprint density at radius 1 is 1.29 bits per heavy atom. The minimum atomic E-state index is -3.84. The minimum absolute atomic E-state index is 0.0456. The average molecular weight is 263 g/mol. The van der Waals surface area contributed by atoms with Gasteiger partial charge < -0.3 is 14.7 Å². The lowest BCUT2D eigenvalue weighted by atomic mass is 10.2. The molecule has 17 heavy (non-hydrogen) atoms. The third-order valence-electron chi connectivity index (χ3n) is 2.50. The van der Waals surface area contributed by atoms with Gasteiger partial charge in [-0.2, -0.15) is 0 Å². The number of amides is 1. The summed E-state index contributed by atoms with van der Waals surface area (Å²) in [5.41, 5.74) is 0. The Kier molecular flexibility index (Phi) is 8.13. The lowest BCUT2D eigenvalue weighted by molar-refractivity contribution is -0.125. The molecule has 0 aromatic rings. The van der Waals surface area contributed by atoms with E-state index in [-0.39, 0.29) is 12.1 Å². The van der Waals surface area contributed by atoms with Crippen molar-refractivity contribution in [1.82, 2.24) is 4.90 Å². The molecule has 0 unspecified atom stereocenters. The zero-order valence-corrected chi connectivity index (χ0v) is 11.2. The summed E-state index contributed by atoms with van der Waals surface area (Å²) in [5, 5.41) is 0. The summed E-state index contributed by atoms with van der Waals surface area (Å²) in [6.45, 7) is 6.69. The number of carbonyl (C=O) groups is 1. The molecule has 0 heterocycles. The van der Waals surface area contributed by atoms with Crippen LogP contribution in [0, 0.1) is 0 Å². The van der Waals surface area contributed by atoms with E-state index < -0.39 is 7.60 Å². The highest BCUT2D eigenvalue weighted by Crippen LogP contribution is 2.35. The van der Waals surface area contributed by atoms with Gasteiger partial charge >= 0.3 is 7.60 Å². The Balaban J connectivity index is 3.60. The minimum Gasteiger partial charge on any atom is -0.339 e. The molecule has 0 saturated heterocycles. The first-order valence-corrected chi connectivity index (χ1v) is 7.66. The molecule has 0 saturated carbocycles. The molecule has 0 fully saturated rings. The van der Waals surface area contributed by atoms with Crippen molar-refractivity contribution in [2.45, 2.75) is 32.6 Å². The van der Waals surface area contributed by atoms with Crippen molar-refractivity contribution < 1.29 is 19.1 Å². The highest BCUT2D eigenvalue weighted by atomic mass is 31.2. The summed E-state index contributed by atoms with van der Waals surface area (Å²) < 4.78 is 10.6. The summed E-state index contributed by atoms with van der Waals surface area (Å²) >= 11 is 0. The van der Waals surface area contributed by atoms with Crippen LogP contribution in [0.4, 0.5) is 0 Å². The number of hydrogen-bond donors (Lipinski definition) is 2. The fourth-order valence-electron chi connectivity index (χ4n) is 1.53. The van der Waals surface area contributed by atoms with Gasteiger partial charge in [0.25, 0.3) is 0 Å². The van der Waals surface area contributed by atoms with Crippen molar-refractivity contribution >= 4 is 13.5 Å². The van der Waals surface area contributed by atoms with Crippen molar-refractivity contribution in [3.8, 4) is 0 Å². The van der Waals surface area contributed by atoms with Crippen molar-refractivity contribution in [3.05, 3.63) is 12.7 Å². The number of unbranched alkanes of at least 4 members (excludes halogenated alkanes) is 3. The first-order valence-electron chi connectivity index (χ1n) is 5.86. The van der Waals surface area contributed by atoms with Crippen LogP contribution in [0.5, 0.6) is 0 Å². The highest BCUT2D eigenvalue weighted by Gasteiger charge is 2.11. The van der Waals surface area contributed by atoms with E-state index in [1.54, 1.807) is 4.90 Å². The first-order chi connectivity index (χ1) is 7.90. The van der Waals surface area contributed by atoms with E-state index >= 15 is 0 Å².